The molecule has 0 radical (unpaired) electrons. The summed E-state index contributed by atoms with van der Waals surface area (Å²) in [7, 11) is 0. The van der Waals surface area contributed by atoms with E-state index in [1.165, 1.54) is 18.2 Å². The number of benzene rings is 2. The van der Waals surface area contributed by atoms with Crippen LogP contribution >= 0.6 is 0 Å². The van der Waals surface area contributed by atoms with Crippen molar-refractivity contribution in [2.45, 2.75) is 13.3 Å². The van der Waals surface area contributed by atoms with Crippen molar-refractivity contribution in [3.05, 3.63) is 65.5 Å². The molecule has 2 aromatic rings. The van der Waals surface area contributed by atoms with E-state index in [1.807, 2.05) is 6.92 Å². The summed E-state index contributed by atoms with van der Waals surface area (Å²) in [6, 6.07) is 11.1. The van der Waals surface area contributed by atoms with E-state index in [2.05, 4.69) is 10.6 Å². The van der Waals surface area contributed by atoms with Crippen LogP contribution in [0.4, 0.5) is 15.8 Å². The van der Waals surface area contributed by atoms with E-state index in [0.29, 0.717) is 11.4 Å². The molecule has 0 saturated heterocycles. The van der Waals surface area contributed by atoms with E-state index in [1.54, 1.807) is 36.4 Å². The molecule has 0 saturated carbocycles. The molecule has 0 heterocycles. The van der Waals surface area contributed by atoms with E-state index in [-0.39, 0.29) is 30.6 Å². The van der Waals surface area contributed by atoms with Gasteiger partial charge in [0.25, 0.3) is 0 Å². The third-order valence-electron chi connectivity index (χ3n) is 3.45. The third kappa shape index (κ3) is 5.86. The fourth-order valence-electron chi connectivity index (χ4n) is 2.11. The van der Waals surface area contributed by atoms with E-state index in [4.69, 9.17) is 5.73 Å². The predicted molar refractivity (Wildman–Crippen MR) is 97.5 cm³/mol. The second kappa shape index (κ2) is 8.75. The van der Waals surface area contributed by atoms with Gasteiger partial charge in [0.05, 0.1) is 0 Å². The van der Waals surface area contributed by atoms with Gasteiger partial charge in [-0.2, -0.15) is 0 Å². The van der Waals surface area contributed by atoms with E-state index >= 15 is 0 Å². The predicted octanol–water partition coefficient (Wildman–Crippen LogP) is 3.07. The van der Waals surface area contributed by atoms with Crippen LogP contribution in [-0.2, 0) is 9.59 Å². The Labute approximate surface area is 145 Å². The summed E-state index contributed by atoms with van der Waals surface area (Å²) in [5, 5.41) is 5.48. The lowest BCUT2D eigenvalue weighted by Crippen LogP contribution is -2.17. The molecule has 6 heteroatoms. The molecule has 2 aromatic carbocycles. The number of hydrogen-bond acceptors (Lipinski definition) is 3. The molecule has 0 atom stereocenters. The lowest BCUT2D eigenvalue weighted by molar-refractivity contribution is -0.116. The molecule has 0 aromatic heterocycles. The molecule has 0 fully saturated rings. The molecule has 4 N–H and O–H groups in total. The van der Waals surface area contributed by atoms with Crippen molar-refractivity contribution in [2.24, 2.45) is 5.73 Å². The Kier molecular flexibility index (Phi) is 6.42. The Hall–Kier alpha value is -2.99. The van der Waals surface area contributed by atoms with Gasteiger partial charge in [-0.05, 0) is 48.4 Å². The minimum absolute atomic E-state index is 0.176. The van der Waals surface area contributed by atoms with Crippen LogP contribution in [0.25, 0.3) is 6.08 Å². The average Bonchev–Trinajstić information content (AvgIpc) is 2.57. The third-order valence-corrected chi connectivity index (χ3v) is 3.45. The highest BCUT2D eigenvalue weighted by atomic mass is 19.1. The number of amides is 2. The summed E-state index contributed by atoms with van der Waals surface area (Å²) in [6.07, 6.45) is 3.18. The molecule has 2 rings (SSSR count). The summed E-state index contributed by atoms with van der Waals surface area (Å²) in [5.74, 6) is -0.830. The van der Waals surface area contributed by atoms with Gasteiger partial charge in [0.2, 0.25) is 11.8 Å². The Morgan fingerprint density at radius 3 is 2.52 bits per heavy atom. The molecular weight excluding hydrogens is 321 g/mol. The first-order valence-corrected chi connectivity index (χ1v) is 7.83. The summed E-state index contributed by atoms with van der Waals surface area (Å²) in [5.41, 5.74) is 8.14. The standard InChI is InChI=1S/C19H20FN3O2/c1-13-2-8-16(12-17(13)23-19(25)10-11-21)22-18(24)9-5-14-3-6-15(20)7-4-14/h2-9,12H,10-11,21H2,1H3,(H,22,24)(H,23,25)/b9-5+. The Bertz CT molecular complexity index is 786. The van der Waals surface area contributed by atoms with E-state index < -0.39 is 0 Å². The Morgan fingerprint density at radius 2 is 1.84 bits per heavy atom. The van der Waals surface area contributed by atoms with Gasteiger partial charge in [-0.1, -0.05) is 18.2 Å². The summed E-state index contributed by atoms with van der Waals surface area (Å²) in [6.45, 7) is 2.13. The van der Waals surface area contributed by atoms with Crippen molar-refractivity contribution in [3.63, 3.8) is 0 Å². The van der Waals surface area contributed by atoms with Crippen LogP contribution < -0.4 is 16.4 Å². The van der Waals surface area contributed by atoms with Gasteiger partial charge in [-0.3, -0.25) is 9.59 Å². The first kappa shape index (κ1) is 18.4. The van der Waals surface area contributed by atoms with Crippen LogP contribution in [0.1, 0.15) is 17.5 Å². The molecule has 0 unspecified atom stereocenters. The smallest absolute Gasteiger partial charge is 0.248 e. The fraction of sp³-hybridized carbons (Fsp3) is 0.158. The quantitative estimate of drug-likeness (QED) is 0.706. The highest BCUT2D eigenvalue weighted by molar-refractivity contribution is 6.02. The molecule has 0 bridgehead atoms. The number of nitrogens with two attached hydrogens (primary N) is 1. The van der Waals surface area contributed by atoms with Gasteiger partial charge >= 0.3 is 0 Å². The number of anilines is 2. The van der Waals surface area contributed by atoms with Crippen molar-refractivity contribution in [2.75, 3.05) is 17.2 Å². The molecule has 0 aliphatic heterocycles. The lowest BCUT2D eigenvalue weighted by atomic mass is 10.1. The number of carbonyl (C=O) groups excluding carboxylic acids is 2. The number of hydrogen-bond donors (Lipinski definition) is 3. The van der Waals surface area contributed by atoms with Crippen molar-refractivity contribution >= 4 is 29.3 Å². The lowest BCUT2D eigenvalue weighted by Gasteiger charge is -2.10. The number of carbonyl (C=O) groups is 2. The van der Waals surface area contributed by atoms with Crippen LogP contribution in [0.3, 0.4) is 0 Å². The zero-order chi connectivity index (χ0) is 18.2. The van der Waals surface area contributed by atoms with E-state index in [0.717, 1.165) is 11.1 Å². The summed E-state index contributed by atoms with van der Waals surface area (Å²) >= 11 is 0. The maximum absolute atomic E-state index is 12.8. The monoisotopic (exact) mass is 341 g/mol. The first-order chi connectivity index (χ1) is 12.0. The summed E-state index contributed by atoms with van der Waals surface area (Å²) < 4.78 is 12.8. The zero-order valence-electron chi connectivity index (χ0n) is 13.9. The molecule has 2 amide bonds. The molecular formula is C19H20FN3O2. The highest BCUT2D eigenvalue weighted by Gasteiger charge is 2.06. The van der Waals surface area contributed by atoms with Crippen LogP contribution in [-0.4, -0.2) is 18.4 Å². The SMILES string of the molecule is Cc1ccc(NC(=O)/C=C/c2ccc(F)cc2)cc1NC(=O)CCN. The summed E-state index contributed by atoms with van der Waals surface area (Å²) in [4.78, 5) is 23.7. The fourth-order valence-corrected chi connectivity index (χ4v) is 2.11. The van der Waals surface area contributed by atoms with Gasteiger partial charge in [-0.15, -0.1) is 0 Å². The van der Waals surface area contributed by atoms with Gasteiger partial charge in [0.15, 0.2) is 0 Å². The van der Waals surface area contributed by atoms with Crippen molar-refractivity contribution < 1.29 is 14.0 Å². The van der Waals surface area contributed by atoms with Crippen LogP contribution in [0.5, 0.6) is 0 Å². The first-order valence-electron chi connectivity index (χ1n) is 7.83. The maximum atomic E-state index is 12.8. The highest BCUT2D eigenvalue weighted by Crippen LogP contribution is 2.20. The Balaban J connectivity index is 2.02. The van der Waals surface area contributed by atoms with Crippen LogP contribution in [0, 0.1) is 12.7 Å². The van der Waals surface area contributed by atoms with Crippen molar-refractivity contribution in [1.82, 2.24) is 0 Å². The van der Waals surface area contributed by atoms with Crippen molar-refractivity contribution in [1.29, 1.82) is 0 Å². The number of nitrogens with one attached hydrogen (secondary N) is 2. The zero-order valence-corrected chi connectivity index (χ0v) is 13.9. The molecule has 130 valence electrons. The normalized spacial score (nSPS) is 10.7. The second-order valence-corrected chi connectivity index (χ2v) is 5.49. The second-order valence-electron chi connectivity index (χ2n) is 5.49. The molecule has 5 nitrogen and oxygen atoms in total. The minimum atomic E-state index is -0.328. The van der Waals surface area contributed by atoms with Crippen molar-refractivity contribution in [3.8, 4) is 0 Å². The molecule has 0 aliphatic carbocycles. The maximum Gasteiger partial charge on any atom is 0.248 e. The molecule has 25 heavy (non-hydrogen) atoms. The number of rotatable bonds is 6. The van der Waals surface area contributed by atoms with E-state index in [9.17, 15) is 14.0 Å². The topological polar surface area (TPSA) is 84.2 Å². The van der Waals surface area contributed by atoms with Gasteiger partial charge in [0, 0.05) is 30.4 Å². The number of aryl methyl sites for hydroxylation is 1. The van der Waals surface area contributed by atoms with Crippen LogP contribution in [0.15, 0.2) is 48.5 Å². The van der Waals surface area contributed by atoms with Gasteiger partial charge in [0.1, 0.15) is 5.82 Å². The Morgan fingerprint density at radius 1 is 1.12 bits per heavy atom. The van der Waals surface area contributed by atoms with Gasteiger partial charge in [-0.25, -0.2) is 4.39 Å². The molecule has 0 aliphatic rings. The van der Waals surface area contributed by atoms with Gasteiger partial charge < -0.3 is 16.4 Å². The van der Waals surface area contributed by atoms with Crippen LogP contribution in [0.2, 0.25) is 0 Å². The number of halogens is 1. The minimum Gasteiger partial charge on any atom is -0.330 e. The molecule has 0 spiro atoms. The average molecular weight is 341 g/mol. The largest absolute Gasteiger partial charge is 0.330 e.